The summed E-state index contributed by atoms with van der Waals surface area (Å²) in [6, 6.07) is 6.46. The molecule has 1 aromatic rings. The van der Waals surface area contributed by atoms with Crippen molar-refractivity contribution in [2.24, 2.45) is 0 Å². The highest BCUT2D eigenvalue weighted by atomic mass is 79.9. The Kier molecular flexibility index (Phi) is 7.27. The third kappa shape index (κ3) is 6.30. The lowest BCUT2D eigenvalue weighted by Crippen LogP contribution is -2.48. The number of ether oxygens (including phenoxy) is 1. The fourth-order valence-electron chi connectivity index (χ4n) is 1.76. The van der Waals surface area contributed by atoms with Gasteiger partial charge < -0.3 is 9.84 Å². The molecule has 0 amide bonds. The van der Waals surface area contributed by atoms with Gasteiger partial charge in [0, 0.05) is 16.9 Å². The quantitative estimate of drug-likeness (QED) is 0.460. The molecule has 7 nitrogen and oxygen atoms in total. The number of benzene rings is 1. The van der Waals surface area contributed by atoms with Crippen LogP contribution in [0.5, 0.6) is 0 Å². The molecule has 0 fully saturated rings. The summed E-state index contributed by atoms with van der Waals surface area (Å²) >= 11 is 3.20. The van der Waals surface area contributed by atoms with Crippen molar-refractivity contribution >= 4 is 32.1 Å². The van der Waals surface area contributed by atoms with Gasteiger partial charge in [-0.3, -0.25) is 5.32 Å². The molecule has 0 heterocycles. The molecule has 1 atom stereocenters. The maximum atomic E-state index is 12.4. The maximum Gasteiger partial charge on any atom is 0.505 e. The van der Waals surface area contributed by atoms with Crippen LogP contribution < -0.4 is 10.0 Å². The highest BCUT2D eigenvalue weighted by molar-refractivity contribution is 9.10. The third-order valence-electron chi connectivity index (χ3n) is 2.59. The largest absolute Gasteiger partial charge is 0.505 e. The number of nitrogens with one attached hydrogen (secondary N) is 2. The SMILES string of the molecule is CC(C)NC(CCOC(=O)O)NS(=O)(=O)c1ccccc1Br. The Morgan fingerprint density at radius 2 is 2.00 bits per heavy atom. The highest BCUT2D eigenvalue weighted by Gasteiger charge is 2.22. The van der Waals surface area contributed by atoms with Crippen LogP contribution in [-0.2, 0) is 14.8 Å². The van der Waals surface area contributed by atoms with Gasteiger partial charge in [-0.1, -0.05) is 12.1 Å². The standard InChI is InChI=1S/C13H19BrN2O5S/c1-9(2)15-12(7-8-21-13(17)18)16-22(19,20)11-6-4-3-5-10(11)14/h3-6,9,12,15-16H,7-8H2,1-2H3,(H,17,18). The van der Waals surface area contributed by atoms with E-state index in [1.807, 2.05) is 13.8 Å². The molecule has 0 radical (unpaired) electrons. The minimum absolute atomic E-state index is 0.0109. The molecule has 0 spiro atoms. The first-order chi connectivity index (χ1) is 10.2. The zero-order chi connectivity index (χ0) is 16.8. The summed E-state index contributed by atoms with van der Waals surface area (Å²) in [7, 11) is -3.75. The minimum atomic E-state index is -3.75. The van der Waals surface area contributed by atoms with Crippen molar-refractivity contribution in [1.82, 2.24) is 10.0 Å². The lowest BCUT2D eigenvalue weighted by Gasteiger charge is -2.22. The summed E-state index contributed by atoms with van der Waals surface area (Å²) in [5.41, 5.74) is 0. The van der Waals surface area contributed by atoms with E-state index in [0.29, 0.717) is 4.47 Å². The Morgan fingerprint density at radius 1 is 1.36 bits per heavy atom. The third-order valence-corrected chi connectivity index (χ3v) is 5.07. The van der Waals surface area contributed by atoms with Gasteiger partial charge in [0.1, 0.15) is 0 Å². The van der Waals surface area contributed by atoms with E-state index in [1.54, 1.807) is 18.2 Å². The maximum absolute atomic E-state index is 12.4. The Morgan fingerprint density at radius 3 is 2.55 bits per heavy atom. The zero-order valence-corrected chi connectivity index (χ0v) is 14.6. The van der Waals surface area contributed by atoms with Crippen LogP contribution in [0.15, 0.2) is 33.6 Å². The average molecular weight is 395 g/mol. The molecule has 0 aliphatic carbocycles. The van der Waals surface area contributed by atoms with Gasteiger partial charge >= 0.3 is 6.16 Å². The van der Waals surface area contributed by atoms with E-state index in [0.717, 1.165) is 0 Å². The summed E-state index contributed by atoms with van der Waals surface area (Å²) in [6.07, 6.45) is -1.86. The molecule has 124 valence electrons. The summed E-state index contributed by atoms with van der Waals surface area (Å²) in [6.45, 7) is 3.60. The van der Waals surface area contributed by atoms with Crippen molar-refractivity contribution in [3.63, 3.8) is 0 Å². The molecule has 0 bridgehead atoms. The molecular weight excluding hydrogens is 376 g/mol. The first kappa shape index (κ1) is 18.9. The monoisotopic (exact) mass is 394 g/mol. The second-order valence-corrected chi connectivity index (χ2v) is 7.37. The van der Waals surface area contributed by atoms with Crippen LogP contribution in [0, 0.1) is 0 Å². The first-order valence-corrected chi connectivity index (χ1v) is 8.88. The number of carbonyl (C=O) groups is 1. The van der Waals surface area contributed by atoms with Crippen molar-refractivity contribution in [2.75, 3.05) is 6.61 Å². The van der Waals surface area contributed by atoms with Crippen LogP contribution >= 0.6 is 15.9 Å². The highest BCUT2D eigenvalue weighted by Crippen LogP contribution is 2.21. The Labute approximate surface area is 138 Å². The summed E-state index contributed by atoms with van der Waals surface area (Å²) < 4.78 is 32.2. The fraction of sp³-hybridized carbons (Fsp3) is 0.462. The lowest BCUT2D eigenvalue weighted by atomic mass is 10.3. The average Bonchev–Trinajstić information content (AvgIpc) is 2.37. The zero-order valence-electron chi connectivity index (χ0n) is 12.2. The summed E-state index contributed by atoms with van der Waals surface area (Å²) in [5, 5.41) is 11.5. The van der Waals surface area contributed by atoms with Crippen LogP contribution in [0.3, 0.4) is 0 Å². The molecule has 0 aliphatic heterocycles. The second kappa shape index (κ2) is 8.47. The van der Waals surface area contributed by atoms with Crippen molar-refractivity contribution in [1.29, 1.82) is 0 Å². The number of hydrogen-bond acceptors (Lipinski definition) is 5. The van der Waals surface area contributed by atoms with E-state index in [2.05, 4.69) is 30.7 Å². The molecule has 0 aromatic heterocycles. The molecule has 22 heavy (non-hydrogen) atoms. The van der Waals surface area contributed by atoms with Gasteiger partial charge in [-0.25, -0.2) is 13.2 Å². The van der Waals surface area contributed by atoms with Gasteiger partial charge in [-0.05, 0) is 41.9 Å². The molecule has 0 aliphatic rings. The van der Waals surface area contributed by atoms with Crippen LogP contribution in [0.2, 0.25) is 0 Å². The van der Waals surface area contributed by atoms with E-state index in [4.69, 9.17) is 5.11 Å². The van der Waals surface area contributed by atoms with E-state index in [1.165, 1.54) is 6.07 Å². The van der Waals surface area contributed by atoms with Crippen molar-refractivity contribution in [3.05, 3.63) is 28.7 Å². The molecule has 3 N–H and O–H groups in total. The molecule has 1 unspecified atom stereocenters. The molecule has 0 saturated carbocycles. The Bertz CT molecular complexity index is 606. The predicted octanol–water partition coefficient (Wildman–Crippen LogP) is 2.14. The molecular formula is C13H19BrN2O5S. The number of rotatable bonds is 8. The predicted molar refractivity (Wildman–Crippen MR) is 85.1 cm³/mol. The van der Waals surface area contributed by atoms with E-state index in [-0.39, 0.29) is 24.0 Å². The topological polar surface area (TPSA) is 105 Å². The van der Waals surface area contributed by atoms with Crippen LogP contribution in [0.4, 0.5) is 4.79 Å². The molecule has 9 heteroatoms. The number of hydrogen-bond donors (Lipinski definition) is 3. The molecule has 0 saturated heterocycles. The fourth-order valence-corrected chi connectivity index (χ4v) is 3.95. The van der Waals surface area contributed by atoms with Gasteiger partial charge in [0.05, 0.1) is 17.7 Å². The second-order valence-electron chi connectivity index (χ2n) is 4.83. The molecule has 1 aromatic carbocycles. The first-order valence-electron chi connectivity index (χ1n) is 6.61. The van der Waals surface area contributed by atoms with E-state index >= 15 is 0 Å². The van der Waals surface area contributed by atoms with Crippen LogP contribution in [0.25, 0.3) is 0 Å². The van der Waals surface area contributed by atoms with Crippen molar-refractivity contribution in [3.8, 4) is 0 Å². The van der Waals surface area contributed by atoms with Crippen molar-refractivity contribution < 1.29 is 23.1 Å². The Hall–Kier alpha value is -1.16. The number of carboxylic acid groups (broad SMARTS) is 1. The molecule has 1 rings (SSSR count). The van der Waals surface area contributed by atoms with Gasteiger partial charge in [0.15, 0.2) is 0 Å². The number of sulfonamides is 1. The van der Waals surface area contributed by atoms with Gasteiger partial charge in [-0.15, -0.1) is 0 Å². The van der Waals surface area contributed by atoms with Crippen LogP contribution in [0.1, 0.15) is 20.3 Å². The minimum Gasteiger partial charge on any atom is -0.450 e. The van der Waals surface area contributed by atoms with Gasteiger partial charge in [0.25, 0.3) is 0 Å². The smallest absolute Gasteiger partial charge is 0.450 e. The summed E-state index contributed by atoms with van der Waals surface area (Å²) in [4.78, 5) is 10.5. The van der Waals surface area contributed by atoms with Crippen LogP contribution in [-0.4, -0.2) is 38.5 Å². The normalized spacial score (nSPS) is 13.1. The van der Waals surface area contributed by atoms with Crippen molar-refractivity contribution in [2.45, 2.75) is 37.4 Å². The Balaban J connectivity index is 2.83. The van der Waals surface area contributed by atoms with E-state index in [9.17, 15) is 13.2 Å². The van der Waals surface area contributed by atoms with Gasteiger partial charge in [-0.2, -0.15) is 4.72 Å². The van der Waals surface area contributed by atoms with Gasteiger partial charge in [0.2, 0.25) is 10.0 Å². The summed E-state index contributed by atoms with van der Waals surface area (Å²) in [5.74, 6) is 0. The number of halogens is 1. The lowest BCUT2D eigenvalue weighted by molar-refractivity contribution is 0.0873. The van der Waals surface area contributed by atoms with E-state index < -0.39 is 22.3 Å².